The van der Waals surface area contributed by atoms with Crippen LogP contribution in [-0.4, -0.2) is 11.9 Å². The lowest BCUT2D eigenvalue weighted by Crippen LogP contribution is -2.05. The maximum Gasteiger partial charge on any atom is 0.363 e. The van der Waals surface area contributed by atoms with E-state index in [0.29, 0.717) is 23.0 Å². The van der Waals surface area contributed by atoms with Crippen LogP contribution in [0.15, 0.2) is 59.2 Å². The van der Waals surface area contributed by atoms with E-state index in [2.05, 4.69) is 24.0 Å². The number of carbonyl (C=O) groups excluding carboxylic acids is 1. The third-order valence-corrected chi connectivity index (χ3v) is 3.92. The Morgan fingerprint density at radius 1 is 1.13 bits per heavy atom. The van der Waals surface area contributed by atoms with Gasteiger partial charge in [-0.2, -0.15) is 0 Å². The van der Waals surface area contributed by atoms with Gasteiger partial charge in [0.25, 0.3) is 0 Å². The van der Waals surface area contributed by atoms with Gasteiger partial charge in [-0.1, -0.05) is 48.0 Å². The molecule has 3 rings (SSSR count). The van der Waals surface area contributed by atoms with Crippen LogP contribution in [0.2, 0.25) is 5.02 Å². The molecule has 4 heteroatoms. The van der Waals surface area contributed by atoms with Gasteiger partial charge in [0.15, 0.2) is 11.6 Å². The first kappa shape index (κ1) is 15.5. The van der Waals surface area contributed by atoms with Crippen LogP contribution in [0.25, 0.3) is 6.08 Å². The fraction of sp³-hybridized carbons (Fsp3) is 0.158. The minimum Gasteiger partial charge on any atom is -0.407 e. The van der Waals surface area contributed by atoms with Gasteiger partial charge in [0, 0.05) is 11.4 Å². The van der Waals surface area contributed by atoms with Crippen molar-refractivity contribution in [2.75, 3.05) is 0 Å². The third-order valence-electron chi connectivity index (χ3n) is 3.69. The topological polar surface area (TPSA) is 38.7 Å². The van der Waals surface area contributed by atoms with Gasteiger partial charge in [0.2, 0.25) is 0 Å². The van der Waals surface area contributed by atoms with Crippen LogP contribution in [0.3, 0.4) is 0 Å². The molecule has 1 aliphatic heterocycles. The Balaban J connectivity index is 1.73. The molecule has 23 heavy (non-hydrogen) atoms. The lowest BCUT2D eigenvalue weighted by molar-refractivity contribution is -0.130. The zero-order chi connectivity index (χ0) is 16.2. The van der Waals surface area contributed by atoms with Crippen LogP contribution in [0.4, 0.5) is 0 Å². The number of cyclic esters (lactones) is 1. The molecule has 0 amide bonds. The van der Waals surface area contributed by atoms with Crippen LogP contribution in [0.1, 0.15) is 23.1 Å². The molecule has 0 atom stereocenters. The van der Waals surface area contributed by atoms with Gasteiger partial charge in [-0.25, -0.2) is 9.79 Å². The Hall–Kier alpha value is -2.39. The highest BCUT2D eigenvalue weighted by Gasteiger charge is 2.22. The van der Waals surface area contributed by atoms with E-state index < -0.39 is 5.97 Å². The number of hydrogen-bond acceptors (Lipinski definition) is 3. The van der Waals surface area contributed by atoms with Gasteiger partial charge in [0.05, 0.1) is 0 Å². The molecule has 0 aliphatic carbocycles. The van der Waals surface area contributed by atoms with Gasteiger partial charge in [-0.15, -0.1) is 0 Å². The zero-order valence-corrected chi connectivity index (χ0v) is 13.5. The molecule has 116 valence electrons. The van der Waals surface area contributed by atoms with Crippen molar-refractivity contribution in [2.24, 2.45) is 4.99 Å². The number of nitrogens with zero attached hydrogens (tertiary/aromatic N) is 1. The predicted octanol–water partition coefficient (Wildman–Crippen LogP) is 4.58. The van der Waals surface area contributed by atoms with Crippen molar-refractivity contribution in [1.82, 2.24) is 0 Å². The Morgan fingerprint density at radius 2 is 1.96 bits per heavy atom. The molecule has 3 nitrogen and oxygen atoms in total. The molecular weight excluding hydrogens is 310 g/mol. The van der Waals surface area contributed by atoms with E-state index in [0.717, 1.165) is 12.0 Å². The number of aliphatic imine (C=N–C) groups is 1. The van der Waals surface area contributed by atoms with Crippen LogP contribution in [0.5, 0.6) is 0 Å². The zero-order valence-electron chi connectivity index (χ0n) is 12.8. The lowest BCUT2D eigenvalue weighted by Gasteiger charge is -2.04. The van der Waals surface area contributed by atoms with E-state index in [1.807, 2.05) is 24.3 Å². The number of ether oxygens (including phenoxy) is 1. The molecule has 0 saturated carbocycles. The van der Waals surface area contributed by atoms with Crippen molar-refractivity contribution in [2.45, 2.75) is 19.8 Å². The average molecular weight is 326 g/mol. The van der Waals surface area contributed by atoms with Crippen molar-refractivity contribution < 1.29 is 9.53 Å². The van der Waals surface area contributed by atoms with E-state index in [1.54, 1.807) is 18.2 Å². The van der Waals surface area contributed by atoms with E-state index in [1.165, 1.54) is 11.1 Å². The van der Waals surface area contributed by atoms with Crippen LogP contribution >= 0.6 is 11.6 Å². The number of benzene rings is 2. The summed E-state index contributed by atoms with van der Waals surface area (Å²) < 4.78 is 5.25. The first-order valence-corrected chi connectivity index (χ1v) is 7.81. The number of esters is 1. The Kier molecular flexibility index (Phi) is 4.58. The molecule has 0 spiro atoms. The molecule has 1 heterocycles. The highest BCUT2D eigenvalue weighted by atomic mass is 35.5. The van der Waals surface area contributed by atoms with E-state index in [9.17, 15) is 4.79 Å². The summed E-state index contributed by atoms with van der Waals surface area (Å²) in [6.07, 6.45) is 3.09. The van der Waals surface area contributed by atoms with Crippen molar-refractivity contribution in [1.29, 1.82) is 0 Å². The Bertz CT molecular complexity index is 809. The summed E-state index contributed by atoms with van der Waals surface area (Å²) in [5.41, 5.74) is 3.60. The van der Waals surface area contributed by atoms with E-state index in [-0.39, 0.29) is 0 Å². The summed E-state index contributed by atoms with van der Waals surface area (Å²) in [6.45, 7) is 2.07. The average Bonchev–Trinajstić information content (AvgIpc) is 2.87. The van der Waals surface area contributed by atoms with Crippen LogP contribution in [-0.2, 0) is 16.0 Å². The summed E-state index contributed by atoms with van der Waals surface area (Å²) in [5.74, 6) is 0.0521. The molecule has 0 saturated heterocycles. The third kappa shape index (κ3) is 3.88. The minimum atomic E-state index is -0.412. The second-order valence-electron chi connectivity index (χ2n) is 5.41. The van der Waals surface area contributed by atoms with E-state index in [4.69, 9.17) is 16.3 Å². The molecule has 0 fully saturated rings. The molecule has 0 aromatic heterocycles. The van der Waals surface area contributed by atoms with Gasteiger partial charge in [-0.3, -0.25) is 0 Å². The second kappa shape index (κ2) is 6.80. The van der Waals surface area contributed by atoms with Crippen molar-refractivity contribution in [3.8, 4) is 0 Å². The predicted molar refractivity (Wildman–Crippen MR) is 92.5 cm³/mol. The molecule has 0 unspecified atom stereocenters. The highest BCUT2D eigenvalue weighted by molar-refractivity contribution is 6.30. The quantitative estimate of drug-likeness (QED) is 0.609. The maximum absolute atomic E-state index is 11.9. The largest absolute Gasteiger partial charge is 0.407 e. The first-order chi connectivity index (χ1) is 11.1. The first-order valence-electron chi connectivity index (χ1n) is 7.43. The van der Waals surface area contributed by atoms with E-state index >= 15 is 0 Å². The molecule has 2 aromatic carbocycles. The SMILES string of the molecule is Cc1ccccc1CCC1=N/C(=C/c2cccc(Cl)c2)C(=O)O1. The van der Waals surface area contributed by atoms with Crippen LogP contribution < -0.4 is 0 Å². The number of carbonyl (C=O) groups is 1. The summed E-state index contributed by atoms with van der Waals surface area (Å²) in [5, 5.41) is 0.620. The second-order valence-corrected chi connectivity index (χ2v) is 5.84. The highest BCUT2D eigenvalue weighted by Crippen LogP contribution is 2.20. The molecule has 0 radical (unpaired) electrons. The van der Waals surface area contributed by atoms with Gasteiger partial charge >= 0.3 is 5.97 Å². The standard InChI is InChI=1S/C19H16ClNO2/c1-13-5-2-3-7-15(13)9-10-18-21-17(19(22)23-18)12-14-6-4-8-16(20)11-14/h2-8,11-12H,9-10H2,1H3/b17-12+. The summed E-state index contributed by atoms with van der Waals surface area (Å²) in [4.78, 5) is 16.2. The Morgan fingerprint density at radius 3 is 2.74 bits per heavy atom. The lowest BCUT2D eigenvalue weighted by atomic mass is 10.0. The summed E-state index contributed by atoms with van der Waals surface area (Å²) in [7, 11) is 0. The summed E-state index contributed by atoms with van der Waals surface area (Å²) in [6, 6.07) is 15.4. The van der Waals surface area contributed by atoms with Gasteiger partial charge in [0.1, 0.15) is 0 Å². The maximum atomic E-state index is 11.9. The normalized spacial score (nSPS) is 15.7. The number of rotatable bonds is 4. The number of hydrogen-bond donors (Lipinski definition) is 0. The fourth-order valence-electron chi connectivity index (χ4n) is 2.45. The Labute approximate surface area is 140 Å². The monoisotopic (exact) mass is 325 g/mol. The van der Waals surface area contributed by atoms with Gasteiger partial charge < -0.3 is 4.74 Å². The van der Waals surface area contributed by atoms with Crippen molar-refractivity contribution in [3.63, 3.8) is 0 Å². The summed E-state index contributed by atoms with van der Waals surface area (Å²) >= 11 is 5.95. The van der Waals surface area contributed by atoms with Crippen molar-refractivity contribution in [3.05, 3.63) is 75.9 Å². The molecule has 0 bridgehead atoms. The molecular formula is C19H16ClNO2. The molecule has 0 N–H and O–H groups in total. The fourth-order valence-corrected chi connectivity index (χ4v) is 2.65. The molecule has 1 aliphatic rings. The van der Waals surface area contributed by atoms with Crippen molar-refractivity contribution >= 4 is 29.5 Å². The minimum absolute atomic E-state index is 0.312. The number of halogens is 1. The number of aryl methyl sites for hydroxylation is 2. The molecule has 2 aromatic rings. The smallest absolute Gasteiger partial charge is 0.363 e. The van der Waals surface area contributed by atoms with Crippen LogP contribution in [0, 0.1) is 6.92 Å². The van der Waals surface area contributed by atoms with Gasteiger partial charge in [-0.05, 0) is 48.2 Å².